The van der Waals surface area contributed by atoms with E-state index in [9.17, 15) is 0 Å². The lowest BCUT2D eigenvalue weighted by atomic mass is 10.2. The van der Waals surface area contributed by atoms with Gasteiger partial charge in [0.05, 0.1) is 6.54 Å². The highest BCUT2D eigenvalue weighted by Gasteiger charge is 2.15. The van der Waals surface area contributed by atoms with Crippen LogP contribution in [0.4, 0.5) is 0 Å². The fourth-order valence-corrected chi connectivity index (χ4v) is 1.22. The Hall–Kier alpha value is -0.570. The Morgan fingerprint density at radius 1 is 1.64 bits per heavy atom. The maximum atomic E-state index is 5.48. The number of hydrogen-bond acceptors (Lipinski definition) is 3. The molecule has 1 rings (SSSR count). The highest BCUT2D eigenvalue weighted by Crippen LogP contribution is 2.02. The molecule has 64 valence electrons. The van der Waals surface area contributed by atoms with Crippen LogP contribution >= 0.6 is 0 Å². The SMILES string of the molecule is CCOC(CC)C1=NCCN1. The van der Waals surface area contributed by atoms with Crippen molar-refractivity contribution in [3.8, 4) is 0 Å². The lowest BCUT2D eigenvalue weighted by Gasteiger charge is -2.14. The van der Waals surface area contributed by atoms with Crippen LogP contribution in [0.15, 0.2) is 4.99 Å². The molecule has 0 aliphatic carbocycles. The van der Waals surface area contributed by atoms with E-state index in [4.69, 9.17) is 4.74 Å². The Kier molecular flexibility index (Phi) is 3.36. The summed E-state index contributed by atoms with van der Waals surface area (Å²) >= 11 is 0. The molecule has 0 saturated heterocycles. The molecule has 0 aromatic heterocycles. The molecule has 3 nitrogen and oxygen atoms in total. The van der Waals surface area contributed by atoms with Crippen molar-refractivity contribution in [1.82, 2.24) is 5.32 Å². The van der Waals surface area contributed by atoms with E-state index in [0.29, 0.717) is 0 Å². The van der Waals surface area contributed by atoms with Crippen LogP contribution in [0.3, 0.4) is 0 Å². The van der Waals surface area contributed by atoms with Gasteiger partial charge in [-0.1, -0.05) is 6.92 Å². The van der Waals surface area contributed by atoms with Gasteiger partial charge in [0.15, 0.2) is 0 Å². The van der Waals surface area contributed by atoms with Crippen LogP contribution in [0.5, 0.6) is 0 Å². The Morgan fingerprint density at radius 2 is 2.45 bits per heavy atom. The number of hydrogen-bond donors (Lipinski definition) is 1. The maximum absolute atomic E-state index is 5.48. The number of nitrogens with zero attached hydrogens (tertiary/aromatic N) is 1. The molecule has 1 aliphatic heterocycles. The molecule has 0 aromatic carbocycles. The lowest BCUT2D eigenvalue weighted by molar-refractivity contribution is 0.105. The molecule has 1 atom stereocenters. The van der Waals surface area contributed by atoms with E-state index in [-0.39, 0.29) is 6.10 Å². The highest BCUT2D eigenvalue weighted by molar-refractivity contribution is 5.87. The molecule has 0 spiro atoms. The van der Waals surface area contributed by atoms with Gasteiger partial charge in [-0.05, 0) is 13.3 Å². The first-order valence-corrected chi connectivity index (χ1v) is 4.28. The minimum atomic E-state index is 0.197. The number of aliphatic imine (C=N–C) groups is 1. The first-order chi connectivity index (χ1) is 5.38. The lowest BCUT2D eigenvalue weighted by Crippen LogP contribution is -2.33. The van der Waals surface area contributed by atoms with Gasteiger partial charge in [0.25, 0.3) is 0 Å². The molecule has 1 unspecified atom stereocenters. The average Bonchev–Trinajstić information content (AvgIpc) is 2.52. The van der Waals surface area contributed by atoms with Gasteiger partial charge in [0.1, 0.15) is 11.9 Å². The molecule has 0 bridgehead atoms. The van der Waals surface area contributed by atoms with Crippen LogP contribution in [0.2, 0.25) is 0 Å². The van der Waals surface area contributed by atoms with E-state index >= 15 is 0 Å². The zero-order valence-electron chi connectivity index (χ0n) is 7.26. The van der Waals surface area contributed by atoms with Crippen LogP contribution in [-0.4, -0.2) is 31.6 Å². The van der Waals surface area contributed by atoms with Gasteiger partial charge in [0, 0.05) is 13.2 Å². The predicted molar refractivity (Wildman–Crippen MR) is 46.0 cm³/mol. The standard InChI is InChI=1S/C8H16N2O/c1-3-7(11-4-2)8-9-5-6-10-8/h7H,3-6H2,1-2H3,(H,9,10). The van der Waals surface area contributed by atoms with Crippen molar-refractivity contribution in [3.05, 3.63) is 0 Å². The number of rotatable bonds is 4. The summed E-state index contributed by atoms with van der Waals surface area (Å²) < 4.78 is 5.48. The van der Waals surface area contributed by atoms with E-state index in [1.165, 1.54) is 0 Å². The molecule has 0 amide bonds. The molecule has 0 saturated carbocycles. The Labute approximate surface area is 67.8 Å². The van der Waals surface area contributed by atoms with E-state index in [1.807, 2.05) is 6.92 Å². The zero-order valence-corrected chi connectivity index (χ0v) is 7.26. The van der Waals surface area contributed by atoms with Gasteiger partial charge in [0.2, 0.25) is 0 Å². The average molecular weight is 156 g/mol. The third-order valence-electron chi connectivity index (χ3n) is 1.74. The highest BCUT2D eigenvalue weighted by atomic mass is 16.5. The second-order valence-corrected chi connectivity index (χ2v) is 2.55. The Morgan fingerprint density at radius 3 is 2.91 bits per heavy atom. The number of ether oxygens (including phenoxy) is 1. The fourth-order valence-electron chi connectivity index (χ4n) is 1.22. The van der Waals surface area contributed by atoms with E-state index in [2.05, 4.69) is 17.2 Å². The zero-order chi connectivity index (χ0) is 8.10. The minimum Gasteiger partial charge on any atom is -0.371 e. The quantitative estimate of drug-likeness (QED) is 0.653. The maximum Gasteiger partial charge on any atom is 0.126 e. The van der Waals surface area contributed by atoms with Crippen LogP contribution < -0.4 is 5.32 Å². The summed E-state index contributed by atoms with van der Waals surface area (Å²) in [6, 6.07) is 0. The predicted octanol–water partition coefficient (Wildman–Crippen LogP) is 0.803. The summed E-state index contributed by atoms with van der Waals surface area (Å²) in [5.41, 5.74) is 0. The van der Waals surface area contributed by atoms with Crippen LogP contribution in [-0.2, 0) is 4.74 Å². The minimum absolute atomic E-state index is 0.197. The second-order valence-electron chi connectivity index (χ2n) is 2.55. The van der Waals surface area contributed by atoms with Crippen molar-refractivity contribution in [2.45, 2.75) is 26.4 Å². The van der Waals surface area contributed by atoms with Gasteiger partial charge < -0.3 is 10.1 Å². The summed E-state index contributed by atoms with van der Waals surface area (Å²) in [7, 11) is 0. The molecule has 0 radical (unpaired) electrons. The largest absolute Gasteiger partial charge is 0.371 e. The summed E-state index contributed by atoms with van der Waals surface area (Å²) in [4.78, 5) is 4.31. The monoisotopic (exact) mass is 156 g/mol. The van der Waals surface area contributed by atoms with Gasteiger partial charge in [-0.3, -0.25) is 4.99 Å². The Bertz CT molecular complexity index is 145. The third-order valence-corrected chi connectivity index (χ3v) is 1.74. The van der Waals surface area contributed by atoms with Gasteiger partial charge in [-0.2, -0.15) is 0 Å². The van der Waals surface area contributed by atoms with Gasteiger partial charge >= 0.3 is 0 Å². The first kappa shape index (κ1) is 8.53. The normalized spacial score (nSPS) is 19.3. The summed E-state index contributed by atoms with van der Waals surface area (Å²) in [5.74, 6) is 1.04. The molecule has 1 N–H and O–H groups in total. The van der Waals surface area contributed by atoms with Crippen LogP contribution in [0.25, 0.3) is 0 Å². The van der Waals surface area contributed by atoms with Crippen molar-refractivity contribution in [2.75, 3.05) is 19.7 Å². The smallest absolute Gasteiger partial charge is 0.126 e. The van der Waals surface area contributed by atoms with Crippen molar-refractivity contribution < 1.29 is 4.74 Å². The number of nitrogens with one attached hydrogen (secondary N) is 1. The Balaban J connectivity index is 2.40. The van der Waals surface area contributed by atoms with Crippen molar-refractivity contribution >= 4 is 5.84 Å². The second kappa shape index (κ2) is 4.34. The fraction of sp³-hybridized carbons (Fsp3) is 0.875. The van der Waals surface area contributed by atoms with Crippen molar-refractivity contribution in [2.24, 2.45) is 4.99 Å². The van der Waals surface area contributed by atoms with Crippen molar-refractivity contribution in [3.63, 3.8) is 0 Å². The summed E-state index contributed by atoms with van der Waals surface area (Å²) in [5, 5.41) is 3.22. The summed E-state index contributed by atoms with van der Waals surface area (Å²) in [6.07, 6.45) is 1.20. The van der Waals surface area contributed by atoms with E-state index < -0.39 is 0 Å². The van der Waals surface area contributed by atoms with Crippen LogP contribution in [0, 0.1) is 0 Å². The third kappa shape index (κ3) is 2.19. The molecule has 0 fully saturated rings. The number of amidine groups is 1. The molecular formula is C8H16N2O. The first-order valence-electron chi connectivity index (χ1n) is 4.28. The van der Waals surface area contributed by atoms with Crippen molar-refractivity contribution in [1.29, 1.82) is 0 Å². The van der Waals surface area contributed by atoms with Gasteiger partial charge in [-0.15, -0.1) is 0 Å². The van der Waals surface area contributed by atoms with Crippen LogP contribution in [0.1, 0.15) is 20.3 Å². The topological polar surface area (TPSA) is 33.6 Å². The molecule has 3 heteroatoms. The summed E-state index contributed by atoms with van der Waals surface area (Å²) in [6.45, 7) is 6.76. The van der Waals surface area contributed by atoms with E-state index in [0.717, 1.165) is 32.0 Å². The molecule has 1 aliphatic rings. The van der Waals surface area contributed by atoms with E-state index in [1.54, 1.807) is 0 Å². The molecular weight excluding hydrogens is 140 g/mol. The molecule has 1 heterocycles. The van der Waals surface area contributed by atoms with Gasteiger partial charge in [-0.25, -0.2) is 0 Å². The molecule has 11 heavy (non-hydrogen) atoms. The molecule has 0 aromatic rings.